The summed E-state index contributed by atoms with van der Waals surface area (Å²) in [4.78, 5) is 38.8. The van der Waals surface area contributed by atoms with E-state index >= 15 is 0 Å². The molecule has 2 saturated heterocycles. The topological polar surface area (TPSA) is 88.1 Å². The monoisotopic (exact) mass is 530 g/mol. The van der Waals surface area contributed by atoms with E-state index in [1.165, 1.54) is 13.8 Å². The maximum absolute atomic E-state index is 14.6. The number of fused-ring (bicyclic) bond motifs is 7. The van der Waals surface area contributed by atoms with Gasteiger partial charge in [-0.2, -0.15) is 0 Å². The maximum atomic E-state index is 14.6. The zero-order valence-corrected chi connectivity index (χ0v) is 24.0. The van der Waals surface area contributed by atoms with Crippen LogP contribution in [0.25, 0.3) is 0 Å². The van der Waals surface area contributed by atoms with E-state index in [4.69, 9.17) is 18.9 Å². The highest BCUT2D eigenvalue weighted by Gasteiger charge is 2.74. The molecule has 0 bridgehead atoms. The largest absolute Gasteiger partial charge is 0.463 e. The molecule has 0 amide bonds. The summed E-state index contributed by atoms with van der Waals surface area (Å²) in [6.45, 7) is 12.6. The molecule has 7 heteroatoms. The van der Waals surface area contributed by atoms with Crippen molar-refractivity contribution >= 4 is 17.7 Å². The fourth-order valence-electron chi connectivity index (χ4n) is 10.7. The van der Waals surface area contributed by atoms with Crippen molar-refractivity contribution in [1.29, 1.82) is 0 Å². The van der Waals surface area contributed by atoms with Crippen LogP contribution in [0.2, 0.25) is 0 Å². The molecule has 4 saturated carbocycles. The minimum Gasteiger partial charge on any atom is -0.463 e. The number of esters is 2. The van der Waals surface area contributed by atoms with E-state index in [0.717, 1.165) is 51.4 Å². The van der Waals surface area contributed by atoms with Gasteiger partial charge in [0.1, 0.15) is 6.10 Å². The normalized spacial score (nSPS) is 53.5. The lowest BCUT2D eigenvalue weighted by Gasteiger charge is -2.61. The van der Waals surface area contributed by atoms with Gasteiger partial charge in [0.15, 0.2) is 17.7 Å². The third-order valence-corrected chi connectivity index (χ3v) is 12.3. The number of rotatable bonds is 2. The number of carbonyl (C=O) groups is 3. The van der Waals surface area contributed by atoms with Crippen LogP contribution >= 0.6 is 0 Å². The lowest BCUT2D eigenvalue weighted by Crippen LogP contribution is -2.65. The number of ether oxygens (including phenoxy) is 4. The van der Waals surface area contributed by atoms with Crippen molar-refractivity contribution in [2.75, 3.05) is 6.61 Å². The average Bonchev–Trinajstić information content (AvgIpc) is 3.29. The van der Waals surface area contributed by atoms with Crippen LogP contribution in [-0.2, 0) is 33.3 Å². The molecule has 7 nitrogen and oxygen atoms in total. The van der Waals surface area contributed by atoms with Crippen molar-refractivity contribution < 1.29 is 33.3 Å². The van der Waals surface area contributed by atoms with Crippen molar-refractivity contribution in [1.82, 2.24) is 0 Å². The average molecular weight is 531 g/mol. The molecule has 2 aliphatic heterocycles. The minimum atomic E-state index is -0.758. The van der Waals surface area contributed by atoms with Gasteiger partial charge in [0.25, 0.3) is 0 Å². The minimum absolute atomic E-state index is 0.0169. The van der Waals surface area contributed by atoms with Crippen molar-refractivity contribution in [2.45, 2.75) is 117 Å². The third-order valence-electron chi connectivity index (χ3n) is 12.3. The van der Waals surface area contributed by atoms with E-state index < -0.39 is 17.3 Å². The van der Waals surface area contributed by atoms with Crippen LogP contribution in [0, 0.1) is 52.3 Å². The second-order valence-corrected chi connectivity index (χ2v) is 14.3. The number of hydrogen-bond acceptors (Lipinski definition) is 7. The van der Waals surface area contributed by atoms with Crippen molar-refractivity contribution in [2.24, 2.45) is 52.3 Å². The van der Waals surface area contributed by atoms with Crippen LogP contribution in [0.1, 0.15) is 92.9 Å². The maximum Gasteiger partial charge on any atom is 0.303 e. The van der Waals surface area contributed by atoms with Gasteiger partial charge in [-0.25, -0.2) is 0 Å². The van der Waals surface area contributed by atoms with Gasteiger partial charge in [-0.3, -0.25) is 14.4 Å². The first-order valence-electron chi connectivity index (χ1n) is 15.1. The first kappa shape index (κ1) is 26.7. The lowest BCUT2D eigenvalue weighted by atomic mass is 9.43. The quantitative estimate of drug-likeness (QED) is 0.460. The molecule has 2 heterocycles. The zero-order chi connectivity index (χ0) is 27.2. The predicted octanol–water partition coefficient (Wildman–Crippen LogP) is 5.09. The summed E-state index contributed by atoms with van der Waals surface area (Å²) in [7, 11) is 0. The van der Waals surface area contributed by atoms with Gasteiger partial charge in [0, 0.05) is 43.4 Å². The number of Topliss-reactive ketones (excluding diaryl/α,β-unsaturated/α-hetero) is 1. The van der Waals surface area contributed by atoms with Gasteiger partial charge in [0.2, 0.25) is 0 Å². The van der Waals surface area contributed by atoms with Crippen LogP contribution < -0.4 is 0 Å². The zero-order valence-electron chi connectivity index (χ0n) is 24.0. The highest BCUT2D eigenvalue weighted by atomic mass is 16.7. The Bertz CT molecular complexity index is 1000. The molecule has 6 fully saturated rings. The molecule has 6 rings (SSSR count). The molecule has 6 aliphatic rings. The summed E-state index contributed by atoms with van der Waals surface area (Å²) in [5.74, 6) is 0.386. The smallest absolute Gasteiger partial charge is 0.303 e. The summed E-state index contributed by atoms with van der Waals surface area (Å²) in [5, 5.41) is 0. The van der Waals surface area contributed by atoms with Gasteiger partial charge >= 0.3 is 11.9 Å². The molecule has 0 aromatic rings. The number of carbonyl (C=O) groups excluding carboxylic acids is 3. The fraction of sp³-hybridized carbons (Fsp3) is 0.903. The highest BCUT2D eigenvalue weighted by Crippen LogP contribution is 2.71. The van der Waals surface area contributed by atoms with E-state index in [9.17, 15) is 14.4 Å². The Kier molecular flexibility index (Phi) is 6.35. The lowest BCUT2D eigenvalue weighted by molar-refractivity contribution is -0.273. The van der Waals surface area contributed by atoms with E-state index in [-0.39, 0.29) is 64.9 Å². The molecule has 212 valence electrons. The SMILES string of the molecule is CC(=O)O[C@H]1CC[C@@]2(C)[C@@H](CC[C@@H]3[C@@H]2C(=O)[C@@H](OC(C)=O)[C@]2(C)[C@@H]4[C@H](C[C@@H]32)O[C@@]2(CC[C@@H](C)CO2)[C@@H]4C)C1. The summed E-state index contributed by atoms with van der Waals surface area (Å²) in [5.41, 5.74) is -0.646. The van der Waals surface area contributed by atoms with Crippen molar-refractivity contribution in [3.8, 4) is 0 Å². The Morgan fingerprint density at radius 3 is 2.34 bits per heavy atom. The molecule has 4 aliphatic carbocycles. The van der Waals surface area contributed by atoms with Crippen LogP contribution in [0.3, 0.4) is 0 Å². The summed E-state index contributed by atoms with van der Waals surface area (Å²) in [6.07, 6.45) is 6.54. The first-order valence-corrected chi connectivity index (χ1v) is 15.1. The number of hydrogen-bond donors (Lipinski definition) is 0. The molecular formula is C31H46O7. The van der Waals surface area contributed by atoms with Gasteiger partial charge in [-0.05, 0) is 74.0 Å². The van der Waals surface area contributed by atoms with Crippen molar-refractivity contribution in [3.05, 3.63) is 0 Å². The molecule has 0 N–H and O–H groups in total. The standard InChI is InChI=1S/C31H46O7/c1-16-9-12-31(35-15-16)17(2)25-24(38-31)14-23-22-8-7-20-13-21(36-18(3)32)10-11-29(20,5)26(22)27(34)28(30(23,25)6)37-19(4)33/h16-17,20-26,28H,7-15H2,1-6H3/t16-,17-,20+,21+,22+,23+,24+,25+,26-,28-,29+,30+,31+/m1/s1. The second-order valence-electron chi connectivity index (χ2n) is 14.3. The van der Waals surface area contributed by atoms with Gasteiger partial charge in [0.05, 0.1) is 12.7 Å². The molecular weight excluding hydrogens is 484 g/mol. The van der Waals surface area contributed by atoms with Gasteiger partial charge < -0.3 is 18.9 Å². The molecule has 0 aromatic heterocycles. The molecule has 38 heavy (non-hydrogen) atoms. The van der Waals surface area contributed by atoms with Crippen LogP contribution in [0.5, 0.6) is 0 Å². The summed E-state index contributed by atoms with van der Waals surface area (Å²) >= 11 is 0. The molecule has 1 spiro atoms. The van der Waals surface area contributed by atoms with E-state index in [1.807, 2.05) is 0 Å². The van der Waals surface area contributed by atoms with Crippen LogP contribution in [0.4, 0.5) is 0 Å². The van der Waals surface area contributed by atoms with Crippen LogP contribution in [-0.4, -0.2) is 48.4 Å². The third kappa shape index (κ3) is 3.69. The molecule has 0 radical (unpaired) electrons. The highest BCUT2D eigenvalue weighted by molar-refractivity contribution is 5.90. The van der Waals surface area contributed by atoms with Gasteiger partial charge in [-0.15, -0.1) is 0 Å². The van der Waals surface area contributed by atoms with Gasteiger partial charge in [-0.1, -0.05) is 27.7 Å². The summed E-state index contributed by atoms with van der Waals surface area (Å²) in [6, 6.07) is 0. The molecule has 0 aromatic carbocycles. The first-order chi connectivity index (χ1) is 17.9. The molecule has 0 unspecified atom stereocenters. The Hall–Kier alpha value is -1.47. The Balaban J connectivity index is 1.34. The number of ketones is 1. The Morgan fingerprint density at radius 1 is 0.947 bits per heavy atom. The molecule has 13 atom stereocenters. The van der Waals surface area contributed by atoms with Crippen LogP contribution in [0.15, 0.2) is 0 Å². The Morgan fingerprint density at radius 2 is 1.68 bits per heavy atom. The van der Waals surface area contributed by atoms with Crippen molar-refractivity contribution in [3.63, 3.8) is 0 Å². The Labute approximate surface area is 227 Å². The second kappa shape index (κ2) is 9.02. The van der Waals surface area contributed by atoms with E-state index in [0.29, 0.717) is 18.4 Å². The summed E-state index contributed by atoms with van der Waals surface area (Å²) < 4.78 is 25.0. The predicted molar refractivity (Wildman–Crippen MR) is 139 cm³/mol. The van der Waals surface area contributed by atoms with E-state index in [1.54, 1.807) is 0 Å². The fourth-order valence-corrected chi connectivity index (χ4v) is 10.7. The van der Waals surface area contributed by atoms with E-state index in [2.05, 4.69) is 27.7 Å².